The molecule has 12 heteroatoms. The van der Waals surface area contributed by atoms with Gasteiger partial charge in [0.05, 0.1) is 23.6 Å². The van der Waals surface area contributed by atoms with E-state index in [0.717, 1.165) is 12.0 Å². The van der Waals surface area contributed by atoms with Crippen LogP contribution in [0.25, 0.3) is 5.32 Å². The molecule has 220 valence electrons. The number of likely N-dealkylation sites (tertiary alicyclic amines) is 1. The second-order valence-electron chi connectivity index (χ2n) is 9.63. The second kappa shape index (κ2) is 15.2. The molecule has 0 saturated carbocycles. The summed E-state index contributed by atoms with van der Waals surface area (Å²) < 4.78 is 40.9. The van der Waals surface area contributed by atoms with Gasteiger partial charge in [-0.2, -0.15) is 13.2 Å². The molecule has 3 aromatic rings. The fourth-order valence-corrected chi connectivity index (χ4v) is 4.56. The summed E-state index contributed by atoms with van der Waals surface area (Å²) in [4.78, 5) is 19.3. The Bertz CT molecular complexity index is 1400. The molecule has 0 bridgehead atoms. The number of halogens is 3. The predicted molar refractivity (Wildman–Crippen MR) is 143 cm³/mol. The molecule has 1 amide bonds. The Balaban J connectivity index is 0.00000308. The van der Waals surface area contributed by atoms with Crippen molar-refractivity contribution in [3.05, 3.63) is 119 Å². The molecule has 2 N–H and O–H groups in total. The molecule has 7 nitrogen and oxygen atoms in total. The van der Waals surface area contributed by atoms with Gasteiger partial charge in [-0.25, -0.2) is 4.99 Å². The molecule has 0 radical (unpaired) electrons. The van der Waals surface area contributed by atoms with Crippen LogP contribution < -0.4 is 34.7 Å². The standard InChI is InChI=1S/C30H30F3N3O4.Na.Ni/c1-29(40,30(31,32)33)26(28(38)39)35-25(21-13-6-3-7-14-21)22-15-8-9-16-23(22)34-27(37)24-17-10-18-36(24)19-20-11-4-2-5-12-20;;/h2-9,11-16,24,40H,10,17-19H2,1H3,(H3,34,35,37,38,39);;/q;+1;/p-2/t24-,29?;;/m0../s1. The molecule has 1 unspecified atom stereocenters. The molecule has 1 saturated heterocycles. The third kappa shape index (κ3) is 8.25. The largest absolute Gasteiger partial charge is 1.00 e. The quantitative estimate of drug-likeness (QED) is 0.225. The smallest absolute Gasteiger partial charge is 0.628 e. The van der Waals surface area contributed by atoms with Crippen LogP contribution in [0.4, 0.5) is 18.9 Å². The zero-order valence-electron chi connectivity index (χ0n) is 23.0. The number of para-hydroxylation sites is 1. The Morgan fingerprint density at radius 1 is 1.02 bits per heavy atom. The molecule has 1 aliphatic rings. The van der Waals surface area contributed by atoms with E-state index in [1.54, 1.807) is 30.3 Å². The number of aliphatic imine (C=N–C) groups is 1. The van der Waals surface area contributed by atoms with E-state index in [2.05, 4.69) is 10.3 Å². The van der Waals surface area contributed by atoms with Crippen molar-refractivity contribution >= 4 is 17.3 Å². The molecule has 4 rings (SSSR count). The van der Waals surface area contributed by atoms with Gasteiger partial charge in [0.25, 0.3) is 0 Å². The zero-order valence-corrected chi connectivity index (χ0v) is 26.0. The zero-order chi connectivity index (χ0) is 28.9. The van der Waals surface area contributed by atoms with Crippen LogP contribution in [0.3, 0.4) is 0 Å². The minimum absolute atomic E-state index is 0. The minimum atomic E-state index is -5.31. The number of hydrogen-bond donors (Lipinski definition) is 2. The van der Waals surface area contributed by atoms with Crippen LogP contribution in [-0.4, -0.2) is 51.1 Å². The Kier molecular flexibility index (Phi) is 12.8. The van der Waals surface area contributed by atoms with Crippen LogP contribution in [0, 0.1) is 0 Å². The van der Waals surface area contributed by atoms with Crippen molar-refractivity contribution in [2.45, 2.75) is 44.1 Å². The first-order valence-corrected chi connectivity index (χ1v) is 12.7. The number of hydrogen-bond acceptors (Lipinski definition) is 6. The maximum absolute atomic E-state index is 13.6. The third-order valence-electron chi connectivity index (χ3n) is 6.75. The van der Waals surface area contributed by atoms with Crippen LogP contribution in [0.1, 0.15) is 36.5 Å². The van der Waals surface area contributed by atoms with E-state index in [1.165, 1.54) is 24.3 Å². The van der Waals surface area contributed by atoms with Gasteiger partial charge in [-0.05, 0) is 37.4 Å². The van der Waals surface area contributed by atoms with Crippen molar-refractivity contribution in [1.29, 1.82) is 0 Å². The van der Waals surface area contributed by atoms with Gasteiger partial charge in [-0.3, -0.25) is 4.90 Å². The van der Waals surface area contributed by atoms with Gasteiger partial charge in [-0.15, -0.1) is 5.69 Å². The number of rotatable bonds is 8. The summed E-state index contributed by atoms with van der Waals surface area (Å²) in [5, 5.41) is 36.1. The van der Waals surface area contributed by atoms with Gasteiger partial charge in [-0.1, -0.05) is 84.9 Å². The number of carbonyl (C=O) groups is 1. The van der Waals surface area contributed by atoms with E-state index in [0.29, 0.717) is 26.4 Å². The molecule has 0 aromatic heterocycles. The van der Waals surface area contributed by atoms with Gasteiger partial charge >= 0.3 is 35.7 Å². The fraction of sp³-hybridized carbons (Fsp3) is 0.267. The van der Waals surface area contributed by atoms with E-state index in [9.17, 15) is 33.3 Å². The predicted octanol–water partition coefficient (Wildman–Crippen LogP) is 2.12. The van der Waals surface area contributed by atoms with Gasteiger partial charge in [0.2, 0.25) is 5.60 Å². The summed E-state index contributed by atoms with van der Waals surface area (Å²) >= 11 is 0. The molecule has 1 heterocycles. The first-order chi connectivity index (χ1) is 19.0. The average Bonchev–Trinajstić information content (AvgIpc) is 3.38. The molecule has 0 aliphatic carbocycles. The van der Waals surface area contributed by atoms with Crippen molar-refractivity contribution in [2.24, 2.45) is 4.99 Å². The summed E-state index contributed by atoms with van der Waals surface area (Å²) in [5.74, 6) is -2.46. The van der Waals surface area contributed by atoms with Gasteiger partial charge in [0.1, 0.15) is 5.70 Å². The maximum atomic E-state index is 13.6. The fourth-order valence-electron chi connectivity index (χ4n) is 4.56. The Hall–Kier alpha value is -2.66. The van der Waals surface area contributed by atoms with Crippen LogP contribution in [0.15, 0.2) is 102 Å². The van der Waals surface area contributed by atoms with Crippen molar-refractivity contribution in [3.63, 3.8) is 0 Å². The number of nitrogens with zero attached hydrogens (tertiary/aromatic N) is 3. The molecule has 3 aromatic carbocycles. The average molecular weight is 633 g/mol. The maximum Gasteiger partial charge on any atom is 1.00 e. The van der Waals surface area contributed by atoms with Crippen LogP contribution in [0.2, 0.25) is 0 Å². The summed E-state index contributed by atoms with van der Waals surface area (Å²) in [6.45, 7) is 1.61. The normalized spacial score (nSPS) is 17.7. The van der Waals surface area contributed by atoms with E-state index in [4.69, 9.17) is 0 Å². The number of amides is 1. The molecule has 1 fully saturated rings. The molecule has 42 heavy (non-hydrogen) atoms. The van der Waals surface area contributed by atoms with E-state index < -0.39 is 35.4 Å². The Morgan fingerprint density at radius 3 is 2.19 bits per heavy atom. The first kappa shape index (κ1) is 35.5. The van der Waals surface area contributed by atoms with E-state index >= 15 is 0 Å². The summed E-state index contributed by atoms with van der Waals surface area (Å²) in [7, 11) is 0. The molecular formula is C30H28F3N3NaNiO4-. The number of benzene rings is 3. The van der Waals surface area contributed by atoms with E-state index in [-0.39, 0.29) is 68.6 Å². The molecular weight excluding hydrogens is 605 g/mol. The molecule has 2 atom stereocenters. The van der Waals surface area contributed by atoms with Gasteiger partial charge in [0.15, 0.2) is 0 Å². The number of carbonyl (C=O) groups excluding carboxylic acids is 1. The Labute approximate surface area is 274 Å². The third-order valence-corrected chi connectivity index (χ3v) is 6.75. The summed E-state index contributed by atoms with van der Waals surface area (Å²) in [6.07, 6.45) is -3.90. The number of aliphatic hydroxyl groups is 2. The summed E-state index contributed by atoms with van der Waals surface area (Å²) in [5.41, 5.74) is -3.84. The van der Waals surface area contributed by atoms with Crippen molar-refractivity contribution < 1.29 is 79.3 Å². The Morgan fingerprint density at radius 2 is 1.60 bits per heavy atom. The number of aliphatic hydroxyl groups excluding tert-OH is 1. The SMILES string of the molecule is CC(O)(/C(N=C(c1ccccc1)c1ccccc1[N-]C(=O)[C@@H]1CCCN1Cc1ccccc1)=C(\[O-])O)C(F)(F)F.[Na+].[Ni]. The van der Waals surface area contributed by atoms with Crippen LogP contribution in [-0.2, 0) is 27.8 Å². The van der Waals surface area contributed by atoms with E-state index in [1.807, 2.05) is 35.2 Å². The van der Waals surface area contributed by atoms with Crippen molar-refractivity contribution in [1.82, 2.24) is 4.90 Å². The van der Waals surface area contributed by atoms with Gasteiger partial charge < -0.3 is 25.4 Å². The monoisotopic (exact) mass is 632 g/mol. The molecule has 0 spiro atoms. The number of alkyl halides is 3. The minimum Gasteiger partial charge on any atom is -0.628 e. The van der Waals surface area contributed by atoms with Crippen LogP contribution in [0.5, 0.6) is 0 Å². The van der Waals surface area contributed by atoms with Crippen LogP contribution >= 0.6 is 0 Å². The molecule has 1 aliphatic heterocycles. The van der Waals surface area contributed by atoms with Gasteiger partial charge in [0, 0.05) is 28.6 Å². The topological polar surface area (TPSA) is 110 Å². The van der Waals surface area contributed by atoms with Crippen molar-refractivity contribution in [2.75, 3.05) is 6.54 Å². The first-order valence-electron chi connectivity index (χ1n) is 12.7. The second-order valence-corrected chi connectivity index (χ2v) is 9.63. The summed E-state index contributed by atoms with van der Waals surface area (Å²) in [6, 6.07) is 23.4. The van der Waals surface area contributed by atoms with Crippen molar-refractivity contribution in [3.8, 4) is 0 Å².